The fourth-order valence-electron chi connectivity index (χ4n) is 1.99. The van der Waals surface area contributed by atoms with Gasteiger partial charge in [0.2, 0.25) is 11.8 Å². The van der Waals surface area contributed by atoms with Crippen LogP contribution < -0.4 is 11.2 Å². The van der Waals surface area contributed by atoms with Crippen molar-refractivity contribution in [3.8, 4) is 0 Å². The first-order chi connectivity index (χ1) is 8.88. The standard InChI is InChI=1S/C14H17N3O2/c1-14(2)8-11(16-17-13(14)19)10-5-3-9(4-6-10)7-12(15)18/h3-6H,7-8H2,1-2H3,(H2,15,18)(H,17,19). The number of carbonyl (C=O) groups excluding carboxylic acids is 2. The van der Waals surface area contributed by atoms with E-state index in [0.717, 1.165) is 16.8 Å². The van der Waals surface area contributed by atoms with Gasteiger partial charge in [-0.05, 0) is 11.1 Å². The molecule has 19 heavy (non-hydrogen) atoms. The second kappa shape index (κ2) is 4.84. The summed E-state index contributed by atoms with van der Waals surface area (Å²) in [7, 11) is 0. The number of benzene rings is 1. The van der Waals surface area contributed by atoms with Crippen LogP contribution in [0.1, 0.15) is 31.4 Å². The highest BCUT2D eigenvalue weighted by atomic mass is 16.2. The van der Waals surface area contributed by atoms with Gasteiger partial charge in [0.15, 0.2) is 0 Å². The molecule has 1 heterocycles. The van der Waals surface area contributed by atoms with Gasteiger partial charge < -0.3 is 5.73 Å². The summed E-state index contributed by atoms with van der Waals surface area (Å²) in [5.41, 5.74) is 9.89. The second-order valence-corrected chi connectivity index (χ2v) is 5.40. The second-order valence-electron chi connectivity index (χ2n) is 5.40. The summed E-state index contributed by atoms with van der Waals surface area (Å²) in [6.07, 6.45) is 0.822. The van der Waals surface area contributed by atoms with Gasteiger partial charge in [0.1, 0.15) is 0 Å². The fourth-order valence-corrected chi connectivity index (χ4v) is 1.99. The van der Waals surface area contributed by atoms with Crippen molar-refractivity contribution in [3.05, 3.63) is 35.4 Å². The molecule has 1 aliphatic heterocycles. The summed E-state index contributed by atoms with van der Waals surface area (Å²) in [6, 6.07) is 7.49. The average molecular weight is 259 g/mol. The Kier molecular flexibility index (Phi) is 3.38. The maximum Gasteiger partial charge on any atom is 0.246 e. The van der Waals surface area contributed by atoms with Crippen LogP contribution in [0.2, 0.25) is 0 Å². The molecule has 0 bridgehead atoms. The van der Waals surface area contributed by atoms with Gasteiger partial charge in [0.05, 0.1) is 17.5 Å². The first-order valence-electron chi connectivity index (χ1n) is 6.13. The van der Waals surface area contributed by atoms with Gasteiger partial charge >= 0.3 is 0 Å². The van der Waals surface area contributed by atoms with Crippen LogP contribution in [-0.4, -0.2) is 17.5 Å². The Bertz CT molecular complexity index is 544. The van der Waals surface area contributed by atoms with Crippen LogP contribution >= 0.6 is 0 Å². The molecule has 0 aliphatic carbocycles. The summed E-state index contributed by atoms with van der Waals surface area (Å²) >= 11 is 0. The Balaban J connectivity index is 2.19. The minimum atomic E-state index is -0.455. The number of nitrogens with zero attached hydrogens (tertiary/aromatic N) is 1. The number of nitrogens with one attached hydrogen (secondary N) is 1. The summed E-state index contributed by atoms with van der Waals surface area (Å²) in [4.78, 5) is 22.4. The molecule has 5 nitrogen and oxygen atoms in total. The zero-order valence-electron chi connectivity index (χ0n) is 11.1. The minimum absolute atomic E-state index is 0.0680. The Morgan fingerprint density at radius 3 is 2.53 bits per heavy atom. The molecule has 1 aromatic rings. The summed E-state index contributed by atoms with van der Waals surface area (Å²) < 4.78 is 0. The van der Waals surface area contributed by atoms with Gasteiger partial charge in [-0.3, -0.25) is 9.59 Å². The molecule has 0 fully saturated rings. The van der Waals surface area contributed by atoms with Gasteiger partial charge in [-0.25, -0.2) is 5.43 Å². The van der Waals surface area contributed by atoms with E-state index in [1.807, 2.05) is 38.1 Å². The van der Waals surface area contributed by atoms with E-state index in [1.54, 1.807) is 0 Å². The van der Waals surface area contributed by atoms with Gasteiger partial charge in [0, 0.05) is 6.42 Å². The van der Waals surface area contributed by atoms with E-state index < -0.39 is 5.41 Å². The van der Waals surface area contributed by atoms with Crippen LogP contribution in [0, 0.1) is 5.41 Å². The maximum absolute atomic E-state index is 11.6. The van der Waals surface area contributed by atoms with Crippen molar-refractivity contribution >= 4 is 17.5 Å². The quantitative estimate of drug-likeness (QED) is 0.847. The summed E-state index contributed by atoms with van der Waals surface area (Å²) in [6.45, 7) is 3.77. The molecule has 1 aliphatic rings. The topological polar surface area (TPSA) is 84.6 Å². The smallest absolute Gasteiger partial charge is 0.246 e. The van der Waals surface area contributed by atoms with Gasteiger partial charge in [-0.15, -0.1) is 0 Å². The lowest BCUT2D eigenvalue weighted by atomic mass is 9.83. The number of amides is 2. The molecule has 2 rings (SSSR count). The number of nitrogens with two attached hydrogens (primary N) is 1. The van der Waals surface area contributed by atoms with Crippen molar-refractivity contribution in [2.24, 2.45) is 16.3 Å². The maximum atomic E-state index is 11.6. The highest BCUT2D eigenvalue weighted by Crippen LogP contribution is 2.26. The molecule has 0 saturated heterocycles. The van der Waals surface area contributed by atoms with Crippen molar-refractivity contribution in [2.75, 3.05) is 0 Å². The lowest BCUT2D eigenvalue weighted by Gasteiger charge is -2.27. The van der Waals surface area contributed by atoms with Crippen molar-refractivity contribution in [1.82, 2.24) is 5.43 Å². The molecule has 0 unspecified atom stereocenters. The highest BCUT2D eigenvalue weighted by molar-refractivity contribution is 6.05. The van der Waals surface area contributed by atoms with Crippen molar-refractivity contribution in [3.63, 3.8) is 0 Å². The van der Waals surface area contributed by atoms with E-state index in [2.05, 4.69) is 10.5 Å². The molecule has 2 amide bonds. The van der Waals surface area contributed by atoms with Crippen molar-refractivity contribution in [2.45, 2.75) is 26.7 Å². The molecule has 0 saturated carbocycles. The molecule has 100 valence electrons. The van der Waals surface area contributed by atoms with Crippen molar-refractivity contribution < 1.29 is 9.59 Å². The third kappa shape index (κ3) is 2.99. The molecule has 5 heteroatoms. The van der Waals surface area contributed by atoms with Crippen LogP contribution in [0.15, 0.2) is 29.4 Å². The predicted octanol–water partition coefficient (Wildman–Crippen LogP) is 0.965. The largest absolute Gasteiger partial charge is 0.369 e. The SMILES string of the molecule is CC1(C)CC(c2ccc(CC(N)=O)cc2)=NNC1=O. The van der Waals surface area contributed by atoms with E-state index in [-0.39, 0.29) is 18.2 Å². The fraction of sp³-hybridized carbons (Fsp3) is 0.357. The van der Waals surface area contributed by atoms with E-state index in [4.69, 9.17) is 5.73 Å². The van der Waals surface area contributed by atoms with Crippen LogP contribution in [0.4, 0.5) is 0 Å². The van der Waals surface area contributed by atoms with E-state index in [1.165, 1.54) is 0 Å². The number of hydrogen-bond donors (Lipinski definition) is 2. The molecule has 1 aromatic carbocycles. The average Bonchev–Trinajstić information content (AvgIpc) is 2.33. The number of carbonyl (C=O) groups is 2. The summed E-state index contributed by atoms with van der Waals surface area (Å²) in [5.74, 6) is -0.419. The van der Waals surface area contributed by atoms with E-state index >= 15 is 0 Å². The highest BCUT2D eigenvalue weighted by Gasteiger charge is 2.33. The zero-order valence-corrected chi connectivity index (χ0v) is 11.1. The first-order valence-corrected chi connectivity index (χ1v) is 6.13. The molecular weight excluding hydrogens is 242 g/mol. The Labute approximate surface area is 111 Å². The minimum Gasteiger partial charge on any atom is -0.369 e. The Hall–Kier alpha value is -2.17. The van der Waals surface area contributed by atoms with E-state index in [0.29, 0.717) is 6.42 Å². The van der Waals surface area contributed by atoms with Crippen molar-refractivity contribution in [1.29, 1.82) is 0 Å². The zero-order chi connectivity index (χ0) is 14.0. The molecule has 0 atom stereocenters. The molecule has 0 spiro atoms. The first kappa shape index (κ1) is 13.3. The summed E-state index contributed by atoms with van der Waals surface area (Å²) in [5, 5.41) is 4.09. The van der Waals surface area contributed by atoms with Crippen LogP contribution in [-0.2, 0) is 16.0 Å². The molecular formula is C14H17N3O2. The van der Waals surface area contributed by atoms with Gasteiger partial charge in [-0.1, -0.05) is 38.1 Å². The molecule has 0 radical (unpaired) electrons. The van der Waals surface area contributed by atoms with Crippen LogP contribution in [0.3, 0.4) is 0 Å². The van der Waals surface area contributed by atoms with Gasteiger partial charge in [-0.2, -0.15) is 5.10 Å². The van der Waals surface area contributed by atoms with E-state index in [9.17, 15) is 9.59 Å². The number of hydrogen-bond acceptors (Lipinski definition) is 3. The third-order valence-corrected chi connectivity index (χ3v) is 3.18. The predicted molar refractivity (Wildman–Crippen MR) is 72.4 cm³/mol. The normalized spacial score (nSPS) is 17.6. The van der Waals surface area contributed by atoms with Crippen LogP contribution in [0.5, 0.6) is 0 Å². The lowest BCUT2D eigenvalue weighted by molar-refractivity contribution is -0.129. The monoisotopic (exact) mass is 259 g/mol. The lowest BCUT2D eigenvalue weighted by Crippen LogP contribution is -2.40. The molecule has 0 aromatic heterocycles. The number of primary amides is 1. The number of rotatable bonds is 3. The van der Waals surface area contributed by atoms with Crippen LogP contribution in [0.25, 0.3) is 0 Å². The number of hydrazone groups is 1. The Morgan fingerprint density at radius 2 is 2.00 bits per heavy atom. The third-order valence-electron chi connectivity index (χ3n) is 3.18. The Morgan fingerprint density at radius 1 is 1.37 bits per heavy atom. The van der Waals surface area contributed by atoms with Gasteiger partial charge in [0.25, 0.3) is 0 Å². The molecule has 3 N–H and O–H groups in total.